The summed E-state index contributed by atoms with van der Waals surface area (Å²) in [5.74, 6) is 1.45. The molecule has 0 bridgehead atoms. The van der Waals surface area contributed by atoms with Crippen LogP contribution in [0.4, 0.5) is 10.3 Å². The monoisotopic (exact) mass is 413 g/mol. The second-order valence-electron chi connectivity index (χ2n) is 7.30. The van der Waals surface area contributed by atoms with Gasteiger partial charge in [-0.1, -0.05) is 12.1 Å². The lowest BCUT2D eigenvalue weighted by atomic mass is 10.1. The van der Waals surface area contributed by atoms with Gasteiger partial charge in [-0.15, -0.1) is 0 Å². The molecule has 2 heterocycles. The van der Waals surface area contributed by atoms with Crippen molar-refractivity contribution in [1.82, 2.24) is 25.5 Å². The summed E-state index contributed by atoms with van der Waals surface area (Å²) in [7, 11) is 0. The molecule has 1 saturated heterocycles. The Balaban J connectivity index is 1.34. The number of halogens is 1. The fourth-order valence-electron chi connectivity index (χ4n) is 3.47. The van der Waals surface area contributed by atoms with Crippen LogP contribution in [0, 0.1) is 5.82 Å². The maximum absolute atomic E-state index is 13.3. The van der Waals surface area contributed by atoms with Crippen LogP contribution in [0.5, 0.6) is 0 Å². The summed E-state index contributed by atoms with van der Waals surface area (Å²) in [6.45, 7) is 9.36. The maximum Gasteiger partial charge on any atom is 0.225 e. The van der Waals surface area contributed by atoms with E-state index in [0.29, 0.717) is 0 Å². The molecular formula is C22H32FN7. The normalized spacial score (nSPS) is 15.3. The third-order valence-electron chi connectivity index (χ3n) is 5.05. The molecule has 3 rings (SSSR count). The zero-order valence-electron chi connectivity index (χ0n) is 17.7. The zero-order valence-corrected chi connectivity index (χ0v) is 17.7. The Labute approximate surface area is 178 Å². The molecule has 0 atom stereocenters. The highest BCUT2D eigenvalue weighted by atomic mass is 19.1. The molecule has 1 aliphatic heterocycles. The Morgan fingerprint density at radius 1 is 1.10 bits per heavy atom. The molecule has 162 valence electrons. The Hall–Kier alpha value is -2.74. The van der Waals surface area contributed by atoms with Crippen molar-refractivity contribution >= 4 is 11.9 Å². The fourth-order valence-corrected chi connectivity index (χ4v) is 3.47. The average Bonchev–Trinajstić information content (AvgIpc) is 2.78. The number of piperazine rings is 1. The van der Waals surface area contributed by atoms with Crippen molar-refractivity contribution in [1.29, 1.82) is 0 Å². The minimum Gasteiger partial charge on any atom is -0.357 e. The molecule has 0 aliphatic carbocycles. The number of benzene rings is 1. The van der Waals surface area contributed by atoms with E-state index < -0.39 is 0 Å². The molecule has 30 heavy (non-hydrogen) atoms. The second kappa shape index (κ2) is 12.1. The molecule has 2 N–H and O–H groups in total. The second-order valence-corrected chi connectivity index (χ2v) is 7.30. The highest BCUT2D eigenvalue weighted by Crippen LogP contribution is 2.09. The van der Waals surface area contributed by atoms with Gasteiger partial charge in [0.15, 0.2) is 5.96 Å². The predicted octanol–water partition coefficient (Wildman–Crippen LogP) is 1.93. The SMILES string of the molecule is CCNC(=NCCCN1CCN(c2ncccn2)CC1)NCCc1cccc(F)c1. The standard InChI is InChI=1S/C22H32FN7/c1-2-24-21(26-12-8-19-6-3-7-20(23)18-19)25-11-5-13-29-14-16-30(17-15-29)22-27-9-4-10-28-22/h3-4,6-7,9-10,18H,2,5,8,11-17H2,1H3,(H2,24,25,26). The van der Waals surface area contributed by atoms with Gasteiger partial charge in [-0.05, 0) is 43.5 Å². The lowest BCUT2D eigenvalue weighted by Crippen LogP contribution is -2.47. The molecule has 1 aromatic carbocycles. The largest absolute Gasteiger partial charge is 0.357 e. The molecule has 0 saturated carbocycles. The first-order valence-corrected chi connectivity index (χ1v) is 10.8. The molecule has 1 fully saturated rings. The van der Waals surface area contributed by atoms with E-state index in [1.54, 1.807) is 24.5 Å². The van der Waals surface area contributed by atoms with E-state index in [9.17, 15) is 4.39 Å². The van der Waals surface area contributed by atoms with Crippen LogP contribution >= 0.6 is 0 Å². The lowest BCUT2D eigenvalue weighted by molar-refractivity contribution is 0.255. The van der Waals surface area contributed by atoms with Crippen LogP contribution in [-0.4, -0.2) is 73.2 Å². The van der Waals surface area contributed by atoms with Crippen LogP contribution < -0.4 is 15.5 Å². The van der Waals surface area contributed by atoms with Crippen molar-refractivity contribution in [3.63, 3.8) is 0 Å². The minimum atomic E-state index is -0.190. The lowest BCUT2D eigenvalue weighted by Gasteiger charge is -2.34. The van der Waals surface area contributed by atoms with E-state index in [1.165, 1.54) is 6.07 Å². The highest BCUT2D eigenvalue weighted by Gasteiger charge is 2.18. The summed E-state index contributed by atoms with van der Waals surface area (Å²) in [5, 5.41) is 6.61. The number of hydrogen-bond acceptors (Lipinski definition) is 5. The minimum absolute atomic E-state index is 0.190. The van der Waals surface area contributed by atoms with Crippen molar-refractivity contribution in [3.05, 3.63) is 54.1 Å². The Morgan fingerprint density at radius 2 is 1.90 bits per heavy atom. The average molecular weight is 414 g/mol. The van der Waals surface area contributed by atoms with Crippen LogP contribution in [0.2, 0.25) is 0 Å². The number of rotatable bonds is 9. The van der Waals surface area contributed by atoms with Gasteiger partial charge in [0.2, 0.25) is 5.95 Å². The molecular weight excluding hydrogens is 381 g/mol. The summed E-state index contributed by atoms with van der Waals surface area (Å²) in [5.41, 5.74) is 0.985. The van der Waals surface area contributed by atoms with E-state index in [0.717, 1.165) is 82.7 Å². The molecule has 7 nitrogen and oxygen atoms in total. The Kier molecular flexibility index (Phi) is 8.83. The third-order valence-corrected chi connectivity index (χ3v) is 5.05. The molecule has 1 aromatic heterocycles. The van der Waals surface area contributed by atoms with Gasteiger partial charge < -0.3 is 15.5 Å². The third kappa shape index (κ3) is 7.26. The Bertz CT molecular complexity index is 776. The van der Waals surface area contributed by atoms with Crippen molar-refractivity contribution in [2.45, 2.75) is 19.8 Å². The first-order chi connectivity index (χ1) is 14.7. The Morgan fingerprint density at radius 3 is 2.63 bits per heavy atom. The van der Waals surface area contributed by atoms with Crippen molar-refractivity contribution < 1.29 is 4.39 Å². The number of nitrogens with one attached hydrogen (secondary N) is 2. The molecule has 0 unspecified atom stereocenters. The number of hydrogen-bond donors (Lipinski definition) is 2. The van der Waals surface area contributed by atoms with E-state index >= 15 is 0 Å². The smallest absolute Gasteiger partial charge is 0.225 e. The van der Waals surface area contributed by atoms with Gasteiger partial charge in [-0.25, -0.2) is 14.4 Å². The molecule has 0 spiro atoms. The summed E-state index contributed by atoms with van der Waals surface area (Å²) in [6, 6.07) is 8.58. The fraction of sp³-hybridized carbons (Fsp3) is 0.500. The van der Waals surface area contributed by atoms with E-state index in [1.807, 2.05) is 12.1 Å². The van der Waals surface area contributed by atoms with Crippen molar-refractivity contribution in [2.75, 3.05) is 57.3 Å². The van der Waals surface area contributed by atoms with Crippen LogP contribution in [0.25, 0.3) is 0 Å². The van der Waals surface area contributed by atoms with Crippen molar-refractivity contribution in [2.24, 2.45) is 4.99 Å². The highest BCUT2D eigenvalue weighted by molar-refractivity contribution is 5.79. The summed E-state index contributed by atoms with van der Waals surface area (Å²) in [6.07, 6.45) is 5.36. The summed E-state index contributed by atoms with van der Waals surface area (Å²) < 4.78 is 13.3. The topological polar surface area (TPSA) is 68.7 Å². The van der Waals surface area contributed by atoms with Gasteiger partial charge in [0.05, 0.1) is 0 Å². The molecule has 0 radical (unpaired) electrons. The van der Waals surface area contributed by atoms with Gasteiger partial charge in [0, 0.05) is 64.8 Å². The van der Waals surface area contributed by atoms with Crippen LogP contribution in [0.15, 0.2) is 47.7 Å². The zero-order chi connectivity index (χ0) is 21.0. The summed E-state index contributed by atoms with van der Waals surface area (Å²) in [4.78, 5) is 18.0. The van der Waals surface area contributed by atoms with Gasteiger partial charge in [0.25, 0.3) is 0 Å². The number of aromatic nitrogens is 2. The van der Waals surface area contributed by atoms with Crippen LogP contribution in [0.1, 0.15) is 18.9 Å². The number of aliphatic imine (C=N–C) groups is 1. The molecule has 2 aromatic rings. The first-order valence-electron chi connectivity index (χ1n) is 10.8. The predicted molar refractivity (Wildman–Crippen MR) is 119 cm³/mol. The van der Waals surface area contributed by atoms with Crippen LogP contribution in [-0.2, 0) is 6.42 Å². The number of anilines is 1. The maximum atomic E-state index is 13.3. The quantitative estimate of drug-likeness (QED) is 0.372. The van der Waals surface area contributed by atoms with E-state index in [2.05, 4.69) is 42.3 Å². The van der Waals surface area contributed by atoms with Gasteiger partial charge in [-0.3, -0.25) is 9.89 Å². The van der Waals surface area contributed by atoms with Gasteiger partial charge >= 0.3 is 0 Å². The van der Waals surface area contributed by atoms with E-state index in [4.69, 9.17) is 0 Å². The first kappa shape index (κ1) is 22.0. The van der Waals surface area contributed by atoms with Crippen molar-refractivity contribution in [3.8, 4) is 0 Å². The van der Waals surface area contributed by atoms with Crippen LogP contribution in [0.3, 0.4) is 0 Å². The molecule has 1 aliphatic rings. The van der Waals surface area contributed by atoms with Gasteiger partial charge in [0.1, 0.15) is 5.82 Å². The van der Waals surface area contributed by atoms with E-state index in [-0.39, 0.29) is 5.82 Å². The van der Waals surface area contributed by atoms with Gasteiger partial charge in [-0.2, -0.15) is 0 Å². The summed E-state index contributed by atoms with van der Waals surface area (Å²) >= 11 is 0. The number of guanidine groups is 1. The number of nitrogens with zero attached hydrogens (tertiary/aromatic N) is 5. The molecule has 8 heteroatoms. The molecule has 0 amide bonds.